The van der Waals surface area contributed by atoms with Crippen LogP contribution in [0.25, 0.3) is 0 Å². The van der Waals surface area contributed by atoms with Crippen molar-refractivity contribution in [2.45, 2.75) is 50.7 Å². The first-order valence-corrected chi connectivity index (χ1v) is 14.1. The van der Waals surface area contributed by atoms with Crippen LogP contribution in [-0.2, 0) is 0 Å². The van der Waals surface area contributed by atoms with Crippen molar-refractivity contribution < 1.29 is 9.53 Å². The van der Waals surface area contributed by atoms with Crippen molar-refractivity contribution in [3.63, 3.8) is 0 Å². The first kappa shape index (κ1) is 26.7. The van der Waals surface area contributed by atoms with Crippen LogP contribution < -0.4 is 20.3 Å². The molecule has 0 unspecified atom stereocenters. The maximum absolute atomic E-state index is 12.8. The Bertz CT molecular complexity index is 1120. The summed E-state index contributed by atoms with van der Waals surface area (Å²) in [5.74, 6) is 2.13. The highest BCUT2D eigenvalue weighted by Crippen LogP contribution is 2.27. The van der Waals surface area contributed by atoms with Crippen LogP contribution in [0.15, 0.2) is 30.6 Å². The Kier molecular flexibility index (Phi) is 8.94. The van der Waals surface area contributed by atoms with E-state index in [1.54, 1.807) is 30.6 Å². The van der Waals surface area contributed by atoms with Crippen molar-refractivity contribution in [2.75, 3.05) is 50.7 Å². The average molecular weight is 538 g/mol. The maximum atomic E-state index is 12.8. The molecule has 2 aliphatic heterocycles. The molecule has 3 fully saturated rings. The Morgan fingerprint density at radius 2 is 1.84 bits per heavy atom. The first-order chi connectivity index (χ1) is 18.6. The lowest BCUT2D eigenvalue weighted by atomic mass is 9.93. The largest absolute Gasteiger partial charge is 0.490 e. The molecule has 1 aromatic carbocycles. The molecular weight excluding hydrogens is 502 g/mol. The van der Waals surface area contributed by atoms with Crippen LogP contribution in [0.4, 0.5) is 5.82 Å². The molecule has 1 aromatic heterocycles. The molecule has 9 nitrogen and oxygen atoms in total. The number of piperidine rings is 1. The molecule has 1 saturated carbocycles. The van der Waals surface area contributed by atoms with Gasteiger partial charge in [-0.15, -0.1) is 0 Å². The lowest BCUT2D eigenvalue weighted by molar-refractivity contribution is 0.0888. The fourth-order valence-electron chi connectivity index (χ4n) is 5.63. The predicted octanol–water partition coefficient (Wildman–Crippen LogP) is 3.24. The van der Waals surface area contributed by atoms with E-state index in [2.05, 4.69) is 36.5 Å². The van der Waals surface area contributed by atoms with E-state index in [0.717, 1.165) is 76.7 Å². The third kappa shape index (κ3) is 6.93. The normalized spacial score (nSPS) is 23.0. The van der Waals surface area contributed by atoms with Gasteiger partial charge >= 0.3 is 0 Å². The number of ether oxygens (including phenoxy) is 1. The number of nitrogens with zero attached hydrogens (tertiary/aromatic N) is 5. The summed E-state index contributed by atoms with van der Waals surface area (Å²) in [6.07, 6.45) is 9.25. The van der Waals surface area contributed by atoms with Crippen molar-refractivity contribution in [3.05, 3.63) is 46.9 Å². The molecule has 5 rings (SSSR count). The molecule has 0 spiro atoms. The monoisotopic (exact) mass is 537 g/mol. The van der Waals surface area contributed by atoms with Gasteiger partial charge in [-0.1, -0.05) is 11.6 Å². The van der Waals surface area contributed by atoms with E-state index >= 15 is 0 Å². The molecule has 0 radical (unpaired) electrons. The number of aromatic nitrogens is 2. The topological polar surface area (TPSA) is 106 Å². The molecule has 2 N–H and O–H groups in total. The zero-order valence-electron chi connectivity index (χ0n) is 21.7. The van der Waals surface area contributed by atoms with Crippen LogP contribution >= 0.6 is 11.6 Å². The number of carbonyl (C=O) groups excluding carboxylic acids is 1. The average Bonchev–Trinajstić information content (AvgIpc) is 2.95. The Morgan fingerprint density at radius 1 is 1.08 bits per heavy atom. The second-order valence-corrected chi connectivity index (χ2v) is 11.0. The summed E-state index contributed by atoms with van der Waals surface area (Å²) < 4.78 is 6.05. The SMILES string of the molecule is N#Cc1ccc(OC2CCC(NC(=O)c3cnc(N4CCN(CC5CCNCC5)CC4)cn3)CC2)cc1Cl. The summed E-state index contributed by atoms with van der Waals surface area (Å²) in [6.45, 7) is 7.43. The number of benzene rings is 1. The lowest BCUT2D eigenvalue weighted by Crippen LogP contribution is -2.49. The van der Waals surface area contributed by atoms with Crippen molar-refractivity contribution in [1.82, 2.24) is 25.5 Å². The number of nitrogens with one attached hydrogen (secondary N) is 2. The van der Waals surface area contributed by atoms with Gasteiger partial charge in [0.25, 0.3) is 5.91 Å². The van der Waals surface area contributed by atoms with E-state index < -0.39 is 0 Å². The van der Waals surface area contributed by atoms with Gasteiger partial charge in [0.15, 0.2) is 0 Å². The Labute approximate surface area is 229 Å². The van der Waals surface area contributed by atoms with Crippen molar-refractivity contribution >= 4 is 23.3 Å². The summed E-state index contributed by atoms with van der Waals surface area (Å²) in [5.41, 5.74) is 0.788. The minimum absolute atomic E-state index is 0.0615. The van der Waals surface area contributed by atoms with Gasteiger partial charge in [-0.3, -0.25) is 9.69 Å². The standard InChI is InChI=1S/C28H36ClN7O2/c29-25-15-24(4-1-21(25)16-30)38-23-5-2-22(3-6-23)34-28(37)26-17-33-27(18-32-26)36-13-11-35(12-14-36)19-20-7-9-31-10-8-20/h1,4,15,17-18,20,22-23,31H,2-3,5-14,19H2,(H,34,37). The number of nitriles is 1. The van der Waals surface area contributed by atoms with Crippen molar-refractivity contribution in [2.24, 2.45) is 5.92 Å². The van der Waals surface area contributed by atoms with Crippen molar-refractivity contribution in [1.29, 1.82) is 5.26 Å². The van der Waals surface area contributed by atoms with Gasteiger partial charge in [0.1, 0.15) is 23.3 Å². The fraction of sp³-hybridized carbons (Fsp3) is 0.571. The molecule has 38 heavy (non-hydrogen) atoms. The Hall–Kier alpha value is -2.93. The number of hydrogen-bond acceptors (Lipinski definition) is 8. The molecular formula is C28H36ClN7O2. The number of carbonyl (C=O) groups is 1. The van der Waals surface area contributed by atoms with Gasteiger partial charge in [-0.05, 0) is 69.7 Å². The highest BCUT2D eigenvalue weighted by molar-refractivity contribution is 6.31. The fourth-order valence-corrected chi connectivity index (χ4v) is 5.84. The summed E-state index contributed by atoms with van der Waals surface area (Å²) in [5, 5.41) is 16.0. The van der Waals surface area contributed by atoms with E-state index in [4.69, 9.17) is 21.6 Å². The highest BCUT2D eigenvalue weighted by Gasteiger charge is 2.26. The number of anilines is 1. The number of rotatable bonds is 7. The number of amides is 1. The number of piperazine rings is 1. The third-order valence-corrected chi connectivity index (χ3v) is 8.23. The second-order valence-electron chi connectivity index (χ2n) is 10.6. The van der Waals surface area contributed by atoms with E-state index in [0.29, 0.717) is 22.0 Å². The minimum atomic E-state index is -0.181. The molecule has 0 bridgehead atoms. The van der Waals surface area contributed by atoms with E-state index in [1.807, 2.05) is 0 Å². The molecule has 0 atom stereocenters. The molecule has 2 aromatic rings. The molecule has 2 saturated heterocycles. The van der Waals surface area contributed by atoms with E-state index in [-0.39, 0.29) is 18.1 Å². The summed E-state index contributed by atoms with van der Waals surface area (Å²) >= 11 is 6.11. The van der Waals surface area contributed by atoms with Gasteiger partial charge in [-0.2, -0.15) is 5.26 Å². The van der Waals surface area contributed by atoms with Crippen LogP contribution in [0.5, 0.6) is 5.75 Å². The minimum Gasteiger partial charge on any atom is -0.490 e. The Balaban J connectivity index is 1.04. The van der Waals surface area contributed by atoms with Crippen molar-refractivity contribution in [3.8, 4) is 11.8 Å². The third-order valence-electron chi connectivity index (χ3n) is 7.92. The Morgan fingerprint density at radius 3 is 2.50 bits per heavy atom. The van der Waals surface area contributed by atoms with Crippen LogP contribution in [0.2, 0.25) is 5.02 Å². The zero-order chi connectivity index (χ0) is 26.3. The molecule has 10 heteroatoms. The first-order valence-electron chi connectivity index (χ1n) is 13.7. The molecule has 202 valence electrons. The van der Waals surface area contributed by atoms with E-state index in [1.165, 1.54) is 19.4 Å². The molecule has 3 heterocycles. The van der Waals surface area contributed by atoms with Crippen LogP contribution in [0.1, 0.15) is 54.6 Å². The predicted molar refractivity (Wildman–Crippen MR) is 147 cm³/mol. The molecule has 1 aliphatic carbocycles. The zero-order valence-corrected chi connectivity index (χ0v) is 22.5. The van der Waals surface area contributed by atoms with Gasteiger partial charge in [0.2, 0.25) is 0 Å². The summed E-state index contributed by atoms with van der Waals surface area (Å²) in [7, 11) is 0. The quantitative estimate of drug-likeness (QED) is 0.554. The van der Waals surface area contributed by atoms with Gasteiger partial charge in [0.05, 0.1) is 29.1 Å². The van der Waals surface area contributed by atoms with Gasteiger partial charge in [-0.25, -0.2) is 9.97 Å². The van der Waals surface area contributed by atoms with Gasteiger partial charge < -0.3 is 20.3 Å². The second kappa shape index (κ2) is 12.7. The molecule has 3 aliphatic rings. The number of halogens is 1. The van der Waals surface area contributed by atoms with Crippen LogP contribution in [0, 0.1) is 17.2 Å². The number of hydrogen-bond donors (Lipinski definition) is 2. The maximum Gasteiger partial charge on any atom is 0.271 e. The summed E-state index contributed by atoms with van der Waals surface area (Å²) in [4.78, 5) is 26.6. The highest BCUT2D eigenvalue weighted by atomic mass is 35.5. The van der Waals surface area contributed by atoms with Crippen LogP contribution in [0.3, 0.4) is 0 Å². The van der Waals surface area contributed by atoms with Gasteiger partial charge in [0, 0.05) is 44.8 Å². The lowest BCUT2D eigenvalue weighted by Gasteiger charge is -2.37. The molecule has 1 amide bonds. The van der Waals surface area contributed by atoms with Crippen LogP contribution in [-0.4, -0.2) is 78.7 Å². The smallest absolute Gasteiger partial charge is 0.271 e. The van der Waals surface area contributed by atoms with E-state index in [9.17, 15) is 4.79 Å². The summed E-state index contributed by atoms with van der Waals surface area (Å²) in [6, 6.07) is 7.27.